The number of nitrogens with zero attached hydrogens (tertiary/aromatic N) is 3. The number of carbonyl (C=O) groups excluding carboxylic acids is 2. The number of aryl methyl sites for hydroxylation is 1. The molecule has 2 aromatic carbocycles. The summed E-state index contributed by atoms with van der Waals surface area (Å²) in [6, 6.07) is 14.0. The smallest absolute Gasteiger partial charge is 0.251 e. The van der Waals surface area contributed by atoms with Gasteiger partial charge in [0.1, 0.15) is 0 Å². The first-order valence-electron chi connectivity index (χ1n) is 9.86. The van der Waals surface area contributed by atoms with E-state index in [4.69, 9.17) is 11.6 Å². The van der Waals surface area contributed by atoms with Crippen LogP contribution in [-0.4, -0.2) is 32.3 Å². The molecule has 1 atom stereocenters. The van der Waals surface area contributed by atoms with Crippen LogP contribution in [0.15, 0.2) is 53.7 Å². The number of anilines is 1. The normalized spacial score (nSPS) is 11.7. The molecule has 0 fully saturated rings. The molecule has 0 aliphatic heterocycles. The number of carbonyl (C=O) groups is 2. The zero-order valence-corrected chi connectivity index (χ0v) is 19.1. The lowest BCUT2D eigenvalue weighted by Gasteiger charge is -2.15. The summed E-state index contributed by atoms with van der Waals surface area (Å²) in [7, 11) is 0. The van der Waals surface area contributed by atoms with Gasteiger partial charge in [0.15, 0.2) is 11.0 Å². The number of amides is 2. The van der Waals surface area contributed by atoms with E-state index >= 15 is 0 Å². The standard InChI is InChI=1S/C22H24ClN5O2S/c1-4-28-20(15(3)24-21(30)16-8-6-5-7-9-16)26-27-22(28)31-13-19(29)25-18-12-17(23)11-10-14(18)2/h5-12,15H,4,13H2,1-3H3,(H,24,30)(H,25,29). The number of aromatic nitrogens is 3. The summed E-state index contributed by atoms with van der Waals surface area (Å²) >= 11 is 7.31. The maximum atomic E-state index is 12.4. The molecule has 0 saturated carbocycles. The van der Waals surface area contributed by atoms with Gasteiger partial charge in [-0.15, -0.1) is 10.2 Å². The summed E-state index contributed by atoms with van der Waals surface area (Å²) in [4.78, 5) is 24.8. The quantitative estimate of drug-likeness (QED) is 0.487. The van der Waals surface area contributed by atoms with Crippen molar-refractivity contribution in [3.8, 4) is 0 Å². The van der Waals surface area contributed by atoms with E-state index in [1.807, 2.05) is 49.6 Å². The molecular weight excluding hydrogens is 434 g/mol. The number of nitrogens with one attached hydrogen (secondary N) is 2. The summed E-state index contributed by atoms with van der Waals surface area (Å²) < 4.78 is 1.90. The van der Waals surface area contributed by atoms with E-state index in [-0.39, 0.29) is 23.6 Å². The van der Waals surface area contributed by atoms with Crippen LogP contribution in [0.1, 0.15) is 41.6 Å². The highest BCUT2D eigenvalue weighted by Crippen LogP contribution is 2.23. The van der Waals surface area contributed by atoms with Crippen LogP contribution in [-0.2, 0) is 11.3 Å². The average molecular weight is 458 g/mol. The maximum Gasteiger partial charge on any atom is 0.251 e. The number of hydrogen-bond donors (Lipinski definition) is 2. The van der Waals surface area contributed by atoms with E-state index in [1.54, 1.807) is 24.3 Å². The molecule has 7 nitrogen and oxygen atoms in total. The highest BCUT2D eigenvalue weighted by atomic mass is 35.5. The van der Waals surface area contributed by atoms with Crippen LogP contribution >= 0.6 is 23.4 Å². The Hall–Kier alpha value is -2.84. The Kier molecular flexibility index (Phi) is 7.70. The summed E-state index contributed by atoms with van der Waals surface area (Å²) in [5.74, 6) is 0.479. The molecule has 2 amide bonds. The first kappa shape index (κ1) is 22.8. The lowest BCUT2D eigenvalue weighted by Crippen LogP contribution is -2.28. The highest BCUT2D eigenvalue weighted by molar-refractivity contribution is 7.99. The van der Waals surface area contributed by atoms with Crippen LogP contribution in [0.3, 0.4) is 0 Å². The van der Waals surface area contributed by atoms with Gasteiger partial charge in [0.2, 0.25) is 5.91 Å². The van der Waals surface area contributed by atoms with Gasteiger partial charge in [-0.25, -0.2) is 0 Å². The van der Waals surface area contributed by atoms with Crippen LogP contribution in [0, 0.1) is 6.92 Å². The molecule has 0 aliphatic carbocycles. The fourth-order valence-electron chi connectivity index (χ4n) is 3.00. The van der Waals surface area contributed by atoms with Crippen LogP contribution in [0.4, 0.5) is 5.69 Å². The van der Waals surface area contributed by atoms with Crippen LogP contribution in [0.25, 0.3) is 0 Å². The van der Waals surface area contributed by atoms with Gasteiger partial charge in [-0.05, 0) is 50.6 Å². The van der Waals surface area contributed by atoms with Gasteiger partial charge in [0.25, 0.3) is 5.91 Å². The number of halogens is 1. The van der Waals surface area contributed by atoms with E-state index in [0.717, 1.165) is 5.56 Å². The van der Waals surface area contributed by atoms with Crippen LogP contribution in [0.2, 0.25) is 5.02 Å². The van der Waals surface area contributed by atoms with Crippen molar-refractivity contribution in [2.45, 2.75) is 38.5 Å². The monoisotopic (exact) mass is 457 g/mol. The van der Waals surface area contributed by atoms with Crippen molar-refractivity contribution < 1.29 is 9.59 Å². The van der Waals surface area contributed by atoms with Crippen molar-refractivity contribution in [1.82, 2.24) is 20.1 Å². The topological polar surface area (TPSA) is 88.9 Å². The molecule has 0 bridgehead atoms. The van der Waals surface area contributed by atoms with E-state index in [1.165, 1.54) is 11.8 Å². The van der Waals surface area contributed by atoms with Gasteiger partial charge in [0.05, 0.1) is 11.8 Å². The summed E-state index contributed by atoms with van der Waals surface area (Å²) in [5, 5.41) is 15.5. The fraction of sp³-hybridized carbons (Fsp3) is 0.273. The Morgan fingerprint density at radius 3 is 2.61 bits per heavy atom. The zero-order chi connectivity index (χ0) is 22.4. The van der Waals surface area contributed by atoms with Crippen LogP contribution in [0.5, 0.6) is 0 Å². The predicted molar refractivity (Wildman–Crippen MR) is 124 cm³/mol. The number of rotatable bonds is 8. The van der Waals surface area contributed by atoms with Crippen molar-refractivity contribution in [2.75, 3.05) is 11.1 Å². The minimum atomic E-state index is -0.336. The first-order chi connectivity index (χ1) is 14.9. The number of hydrogen-bond acceptors (Lipinski definition) is 5. The SMILES string of the molecule is CCn1c(SCC(=O)Nc2cc(Cl)ccc2C)nnc1C(C)NC(=O)c1ccccc1. The third kappa shape index (κ3) is 5.86. The molecule has 0 radical (unpaired) electrons. The third-order valence-electron chi connectivity index (χ3n) is 4.64. The summed E-state index contributed by atoms with van der Waals surface area (Å²) in [6.45, 7) is 6.35. The second-order valence-electron chi connectivity index (χ2n) is 6.94. The van der Waals surface area contributed by atoms with Gasteiger partial charge in [-0.2, -0.15) is 0 Å². The minimum Gasteiger partial charge on any atom is -0.342 e. The zero-order valence-electron chi connectivity index (χ0n) is 17.6. The molecule has 0 aliphatic rings. The van der Waals surface area contributed by atoms with Gasteiger partial charge in [-0.1, -0.05) is 47.6 Å². The molecule has 2 N–H and O–H groups in total. The minimum absolute atomic E-state index is 0.159. The molecule has 3 aromatic rings. The molecule has 162 valence electrons. The van der Waals surface area contributed by atoms with Gasteiger partial charge in [-0.3, -0.25) is 9.59 Å². The molecule has 9 heteroatoms. The molecule has 3 rings (SSSR count). The van der Waals surface area contributed by atoms with E-state index in [9.17, 15) is 9.59 Å². The first-order valence-corrected chi connectivity index (χ1v) is 11.2. The van der Waals surface area contributed by atoms with Crippen molar-refractivity contribution >= 4 is 40.9 Å². The van der Waals surface area contributed by atoms with Gasteiger partial charge >= 0.3 is 0 Å². The summed E-state index contributed by atoms with van der Waals surface area (Å²) in [5.41, 5.74) is 2.21. The lowest BCUT2D eigenvalue weighted by molar-refractivity contribution is -0.113. The molecule has 1 unspecified atom stereocenters. The Morgan fingerprint density at radius 1 is 1.16 bits per heavy atom. The number of benzene rings is 2. The molecule has 0 saturated heterocycles. The van der Waals surface area contributed by atoms with Crippen LogP contribution < -0.4 is 10.6 Å². The third-order valence-corrected chi connectivity index (χ3v) is 5.84. The Morgan fingerprint density at radius 2 is 1.90 bits per heavy atom. The Labute approximate surface area is 190 Å². The predicted octanol–water partition coefficient (Wildman–Crippen LogP) is 4.48. The van der Waals surface area contributed by atoms with E-state index in [0.29, 0.717) is 33.8 Å². The second kappa shape index (κ2) is 10.5. The average Bonchev–Trinajstić information content (AvgIpc) is 3.18. The van der Waals surface area contributed by atoms with Crippen molar-refractivity contribution in [3.05, 3.63) is 70.5 Å². The fourth-order valence-corrected chi connectivity index (χ4v) is 3.99. The maximum absolute atomic E-state index is 12.4. The van der Waals surface area contributed by atoms with Crippen molar-refractivity contribution in [1.29, 1.82) is 0 Å². The summed E-state index contributed by atoms with van der Waals surface area (Å²) in [6.07, 6.45) is 0. The lowest BCUT2D eigenvalue weighted by atomic mass is 10.2. The van der Waals surface area contributed by atoms with Crippen molar-refractivity contribution in [3.63, 3.8) is 0 Å². The Balaban J connectivity index is 1.63. The molecule has 1 aromatic heterocycles. The molecule has 0 spiro atoms. The van der Waals surface area contributed by atoms with E-state index < -0.39 is 0 Å². The van der Waals surface area contributed by atoms with Crippen molar-refractivity contribution in [2.24, 2.45) is 0 Å². The molecular formula is C22H24ClN5O2S. The second-order valence-corrected chi connectivity index (χ2v) is 8.32. The molecule has 1 heterocycles. The van der Waals surface area contributed by atoms with E-state index in [2.05, 4.69) is 20.8 Å². The molecule has 31 heavy (non-hydrogen) atoms. The Bertz CT molecular complexity index is 1070. The number of thioether (sulfide) groups is 1. The van der Waals surface area contributed by atoms with Gasteiger partial charge < -0.3 is 15.2 Å². The van der Waals surface area contributed by atoms with Gasteiger partial charge in [0, 0.05) is 22.8 Å². The largest absolute Gasteiger partial charge is 0.342 e. The highest BCUT2D eigenvalue weighted by Gasteiger charge is 2.20.